The Labute approximate surface area is 320 Å². The Morgan fingerprint density at radius 1 is 1.00 bits per heavy atom. The van der Waals surface area contributed by atoms with Gasteiger partial charge in [-0.25, -0.2) is 4.98 Å². The van der Waals surface area contributed by atoms with Crippen molar-refractivity contribution in [3.05, 3.63) is 82.7 Å². The molecule has 13 heteroatoms. The number of β-amino-alcohol motifs (C(OH)–C–C–N with tert-alkyl or cyclic N) is 1. The average Bonchev–Trinajstić information content (AvgIpc) is 3.75. The summed E-state index contributed by atoms with van der Waals surface area (Å²) in [6.45, 7) is 11.3. The van der Waals surface area contributed by atoms with Gasteiger partial charge in [0.1, 0.15) is 12.1 Å². The van der Waals surface area contributed by atoms with Crippen LogP contribution >= 0.6 is 22.9 Å². The summed E-state index contributed by atoms with van der Waals surface area (Å²) in [5.74, 6) is -0.691. The number of aromatic nitrogens is 3. The molecule has 11 nitrogen and oxygen atoms in total. The van der Waals surface area contributed by atoms with Crippen LogP contribution in [0.4, 0.5) is 5.69 Å². The van der Waals surface area contributed by atoms with Gasteiger partial charge in [-0.3, -0.25) is 14.4 Å². The topological polar surface area (TPSA) is 141 Å². The van der Waals surface area contributed by atoms with Crippen LogP contribution in [0.5, 0.6) is 0 Å². The molecule has 0 saturated carbocycles. The van der Waals surface area contributed by atoms with Gasteiger partial charge in [-0.05, 0) is 72.9 Å². The van der Waals surface area contributed by atoms with Crippen molar-refractivity contribution in [2.45, 2.75) is 84.5 Å². The standard InChI is InChI=1S/C40H48ClN7O4S/c1-24(27-6-8-29(9-7-27)36-25(2)42-23-53-36)44-38(51)33-20-32(49)22-48(33)39(52)37(40(3,4)5)45-35(50)18-26-14-16-47(17-15-26)31-12-10-28(11-13-31)30-19-34(41)46-43-21-30/h6-13,19,21,23-24,26,32-33,37,49H,14-18,20,22H2,1-5H3,(H,44,51)(H,45,50)/t24?,32-,33+,37?/m1/s1. The first-order chi connectivity index (χ1) is 25.3. The normalized spacial score (nSPS) is 19.2. The molecule has 2 aliphatic heterocycles. The molecule has 0 aliphatic carbocycles. The van der Waals surface area contributed by atoms with E-state index in [4.69, 9.17) is 11.6 Å². The smallest absolute Gasteiger partial charge is 0.246 e. The summed E-state index contributed by atoms with van der Waals surface area (Å²) in [7, 11) is 0. The van der Waals surface area contributed by atoms with Gasteiger partial charge < -0.3 is 25.5 Å². The number of amides is 3. The molecule has 4 atom stereocenters. The number of nitrogens with one attached hydrogen (secondary N) is 2. The Hall–Kier alpha value is -4.39. The Balaban J connectivity index is 1.03. The number of rotatable bonds is 10. The van der Waals surface area contributed by atoms with Crippen molar-refractivity contribution in [2.24, 2.45) is 11.3 Å². The third kappa shape index (κ3) is 9.23. The minimum absolute atomic E-state index is 0.0310. The van der Waals surface area contributed by atoms with E-state index in [2.05, 4.69) is 42.8 Å². The lowest BCUT2D eigenvalue weighted by molar-refractivity contribution is -0.144. The number of carbonyl (C=O) groups excluding carboxylic acids is 3. The molecule has 2 aromatic carbocycles. The number of nitrogens with zero attached hydrogens (tertiary/aromatic N) is 5. The van der Waals surface area contributed by atoms with Gasteiger partial charge in [0, 0.05) is 43.7 Å². The van der Waals surface area contributed by atoms with Gasteiger partial charge in [0.2, 0.25) is 17.7 Å². The van der Waals surface area contributed by atoms with Gasteiger partial charge in [-0.1, -0.05) is 68.8 Å². The summed E-state index contributed by atoms with van der Waals surface area (Å²) >= 11 is 7.60. The van der Waals surface area contributed by atoms with E-state index >= 15 is 0 Å². The molecule has 2 fully saturated rings. The first-order valence-electron chi connectivity index (χ1n) is 18.2. The molecule has 4 aromatic rings. The number of aryl methyl sites for hydroxylation is 1. The van der Waals surface area contributed by atoms with Crippen LogP contribution in [0.3, 0.4) is 0 Å². The van der Waals surface area contributed by atoms with Crippen molar-refractivity contribution in [3.63, 3.8) is 0 Å². The number of halogens is 1. The predicted molar refractivity (Wildman–Crippen MR) is 208 cm³/mol. The molecule has 2 aromatic heterocycles. The highest BCUT2D eigenvalue weighted by Gasteiger charge is 2.45. The van der Waals surface area contributed by atoms with Gasteiger partial charge in [-0.2, -0.15) is 5.10 Å². The Morgan fingerprint density at radius 3 is 2.30 bits per heavy atom. The lowest BCUT2D eigenvalue weighted by atomic mass is 9.85. The number of thiazole rings is 1. The molecule has 0 spiro atoms. The number of hydrogen-bond donors (Lipinski definition) is 3. The van der Waals surface area contributed by atoms with Crippen molar-refractivity contribution in [2.75, 3.05) is 24.5 Å². The molecule has 0 bridgehead atoms. The first-order valence-corrected chi connectivity index (χ1v) is 19.4. The molecule has 4 heterocycles. The molecule has 2 saturated heterocycles. The number of piperidine rings is 1. The van der Waals surface area contributed by atoms with E-state index in [0.29, 0.717) is 11.6 Å². The molecule has 2 unspecified atom stereocenters. The number of benzene rings is 2. The van der Waals surface area contributed by atoms with Crippen molar-refractivity contribution in [1.29, 1.82) is 0 Å². The molecule has 0 radical (unpaired) electrons. The predicted octanol–water partition coefficient (Wildman–Crippen LogP) is 6.21. The fourth-order valence-corrected chi connectivity index (χ4v) is 8.23. The maximum atomic E-state index is 14.1. The van der Waals surface area contributed by atoms with Crippen LogP contribution in [-0.4, -0.2) is 80.7 Å². The molecular formula is C40H48ClN7O4S. The summed E-state index contributed by atoms with van der Waals surface area (Å²) in [6, 6.07) is 16.0. The van der Waals surface area contributed by atoms with Crippen LogP contribution in [0.15, 0.2) is 66.3 Å². The van der Waals surface area contributed by atoms with Crippen molar-refractivity contribution >= 4 is 46.3 Å². The van der Waals surface area contributed by atoms with Crippen LogP contribution in [0.1, 0.15) is 70.7 Å². The van der Waals surface area contributed by atoms with Crippen molar-refractivity contribution in [3.8, 4) is 21.6 Å². The zero-order valence-corrected chi connectivity index (χ0v) is 32.5. The van der Waals surface area contributed by atoms with E-state index in [-0.39, 0.29) is 42.6 Å². The first kappa shape index (κ1) is 38.3. The Kier molecular flexibility index (Phi) is 11.8. The second-order valence-corrected chi connectivity index (χ2v) is 16.6. The number of hydrogen-bond acceptors (Lipinski definition) is 9. The summed E-state index contributed by atoms with van der Waals surface area (Å²) < 4.78 is 0. The highest BCUT2D eigenvalue weighted by molar-refractivity contribution is 7.13. The average molecular weight is 758 g/mol. The minimum Gasteiger partial charge on any atom is -0.391 e. The van der Waals surface area contributed by atoms with Crippen LogP contribution in [0.2, 0.25) is 5.15 Å². The van der Waals surface area contributed by atoms with Gasteiger partial charge in [0.05, 0.1) is 34.4 Å². The van der Waals surface area contributed by atoms with Crippen molar-refractivity contribution in [1.82, 2.24) is 30.7 Å². The third-order valence-corrected chi connectivity index (χ3v) is 11.5. The molecule has 2 aliphatic rings. The number of aliphatic hydroxyl groups is 1. The van der Waals surface area contributed by atoms with Crippen molar-refractivity contribution < 1.29 is 19.5 Å². The van der Waals surface area contributed by atoms with E-state index in [0.717, 1.165) is 64.4 Å². The van der Waals surface area contributed by atoms with Crippen LogP contribution in [0.25, 0.3) is 21.6 Å². The summed E-state index contributed by atoms with van der Waals surface area (Å²) in [5.41, 5.74) is 7.20. The Morgan fingerprint density at radius 2 is 1.68 bits per heavy atom. The van der Waals surface area contributed by atoms with E-state index in [1.165, 1.54) is 4.90 Å². The second-order valence-electron chi connectivity index (χ2n) is 15.3. The number of aliphatic hydroxyl groups excluding tert-OH is 1. The van der Waals surface area contributed by atoms with E-state index in [1.54, 1.807) is 23.6 Å². The molecule has 3 amide bonds. The van der Waals surface area contributed by atoms with Crippen LogP contribution < -0.4 is 15.5 Å². The maximum Gasteiger partial charge on any atom is 0.246 e. The van der Waals surface area contributed by atoms with Crippen LogP contribution in [0, 0.1) is 18.3 Å². The lowest BCUT2D eigenvalue weighted by Crippen LogP contribution is -2.58. The second kappa shape index (κ2) is 16.3. The summed E-state index contributed by atoms with van der Waals surface area (Å²) in [6.07, 6.45) is 2.99. The van der Waals surface area contributed by atoms with Gasteiger partial charge >= 0.3 is 0 Å². The zero-order chi connectivity index (χ0) is 37.9. The van der Waals surface area contributed by atoms with Gasteiger partial charge in [0.15, 0.2) is 5.15 Å². The van der Waals surface area contributed by atoms with Gasteiger partial charge in [0.25, 0.3) is 0 Å². The molecular weight excluding hydrogens is 710 g/mol. The SMILES string of the molecule is Cc1ncsc1-c1ccc(C(C)NC(=O)[C@@H]2C[C@@H](O)CN2C(=O)C(NC(=O)CC2CCN(c3ccc(-c4cnnc(Cl)c4)cc3)CC2)C(C)(C)C)cc1. The number of carbonyl (C=O) groups is 3. The summed E-state index contributed by atoms with van der Waals surface area (Å²) in [5, 5.41) is 24.8. The van der Waals surface area contributed by atoms with Gasteiger partial charge in [-0.15, -0.1) is 16.4 Å². The number of likely N-dealkylation sites (tertiary alicyclic amines) is 1. The Bertz CT molecular complexity index is 1910. The summed E-state index contributed by atoms with van der Waals surface area (Å²) in [4.78, 5) is 50.5. The van der Waals surface area contributed by atoms with E-state index in [1.807, 2.05) is 76.5 Å². The van der Waals surface area contributed by atoms with E-state index < -0.39 is 23.6 Å². The largest absolute Gasteiger partial charge is 0.391 e. The minimum atomic E-state index is -0.861. The highest BCUT2D eigenvalue weighted by atomic mass is 35.5. The molecule has 280 valence electrons. The number of anilines is 1. The monoisotopic (exact) mass is 757 g/mol. The maximum absolute atomic E-state index is 14.1. The van der Waals surface area contributed by atoms with E-state index in [9.17, 15) is 19.5 Å². The fraction of sp³-hybridized carbons (Fsp3) is 0.450. The fourth-order valence-electron chi connectivity index (χ4n) is 7.26. The van der Waals surface area contributed by atoms with Crippen LogP contribution in [-0.2, 0) is 14.4 Å². The lowest BCUT2D eigenvalue weighted by Gasteiger charge is -2.36. The third-order valence-electron chi connectivity index (χ3n) is 10.3. The zero-order valence-electron chi connectivity index (χ0n) is 30.9. The quantitative estimate of drug-likeness (QED) is 0.174. The molecule has 53 heavy (non-hydrogen) atoms. The highest BCUT2D eigenvalue weighted by Crippen LogP contribution is 2.31. The molecule has 6 rings (SSSR count). The molecule has 3 N–H and O–H groups in total.